The topological polar surface area (TPSA) is 29.9 Å². The van der Waals surface area contributed by atoms with Crippen LogP contribution < -0.4 is 4.74 Å². The number of hydrogen-bond acceptors (Lipinski definition) is 2. The van der Waals surface area contributed by atoms with Crippen LogP contribution in [0.5, 0.6) is 5.75 Å². The number of alkyl halides is 2. The van der Waals surface area contributed by atoms with Crippen molar-refractivity contribution in [2.24, 2.45) is 0 Å². The zero-order valence-corrected chi connectivity index (χ0v) is 12.2. The monoisotopic (exact) mass is 318 g/mol. The molecule has 1 aromatic heterocycles. The number of benzene rings is 2. The molecule has 0 aliphatic heterocycles. The first-order valence-electron chi connectivity index (χ1n) is 6.56. The Bertz CT molecular complexity index is 810. The molecule has 22 heavy (non-hydrogen) atoms. The first-order chi connectivity index (χ1) is 10.6. The molecule has 0 aliphatic rings. The number of aromatic amines is 1. The summed E-state index contributed by atoms with van der Waals surface area (Å²) in [5.41, 5.74) is 2.67. The Kier molecular flexibility index (Phi) is 4.02. The predicted octanol–water partition coefficient (Wildman–Crippen LogP) is 4.80. The van der Waals surface area contributed by atoms with Gasteiger partial charge in [0.25, 0.3) is 0 Å². The summed E-state index contributed by atoms with van der Waals surface area (Å²) in [4.78, 5) is 3.01. The van der Waals surface area contributed by atoms with E-state index in [-0.39, 0.29) is 5.75 Å². The molecule has 0 unspecified atom stereocenters. The minimum absolute atomic E-state index is 0.113. The summed E-state index contributed by atoms with van der Waals surface area (Å²) in [6.45, 7) is -2.83. The van der Waals surface area contributed by atoms with Crippen molar-refractivity contribution in [3.8, 4) is 22.7 Å². The maximum absolute atomic E-state index is 12.2. The van der Waals surface area contributed by atoms with Gasteiger partial charge in [0, 0.05) is 17.4 Å². The van der Waals surface area contributed by atoms with Gasteiger partial charge in [-0.3, -0.25) is 4.57 Å². The lowest BCUT2D eigenvalue weighted by Crippen LogP contribution is -2.02. The Balaban J connectivity index is 2.02. The number of ether oxygens (including phenoxy) is 1. The zero-order chi connectivity index (χ0) is 15.5. The summed E-state index contributed by atoms with van der Waals surface area (Å²) in [5, 5.41) is 0. The van der Waals surface area contributed by atoms with Crippen molar-refractivity contribution >= 4 is 12.2 Å². The molecule has 3 aromatic rings. The van der Waals surface area contributed by atoms with E-state index < -0.39 is 6.61 Å². The van der Waals surface area contributed by atoms with Crippen molar-refractivity contribution in [3.05, 3.63) is 65.6 Å². The number of halogens is 2. The van der Waals surface area contributed by atoms with E-state index in [1.807, 2.05) is 41.1 Å². The second kappa shape index (κ2) is 6.11. The fourth-order valence-corrected chi connectivity index (χ4v) is 2.49. The molecule has 0 radical (unpaired) electrons. The van der Waals surface area contributed by atoms with Crippen LogP contribution in [-0.4, -0.2) is 16.2 Å². The van der Waals surface area contributed by atoms with E-state index in [1.165, 1.54) is 12.1 Å². The summed E-state index contributed by atoms with van der Waals surface area (Å²) in [7, 11) is 0. The molecule has 1 N–H and O–H groups in total. The van der Waals surface area contributed by atoms with Crippen LogP contribution in [-0.2, 0) is 0 Å². The van der Waals surface area contributed by atoms with Crippen molar-refractivity contribution in [1.82, 2.24) is 9.55 Å². The van der Waals surface area contributed by atoms with Gasteiger partial charge < -0.3 is 9.72 Å². The molecule has 0 aliphatic carbocycles. The number of rotatable bonds is 4. The first-order valence-corrected chi connectivity index (χ1v) is 6.97. The van der Waals surface area contributed by atoms with Gasteiger partial charge in [-0.1, -0.05) is 30.3 Å². The van der Waals surface area contributed by atoms with Gasteiger partial charge >= 0.3 is 6.61 Å². The van der Waals surface area contributed by atoms with Crippen LogP contribution in [0, 0.1) is 4.77 Å². The van der Waals surface area contributed by atoms with Gasteiger partial charge in [-0.2, -0.15) is 8.78 Å². The maximum atomic E-state index is 12.2. The van der Waals surface area contributed by atoms with Crippen LogP contribution >= 0.6 is 12.2 Å². The van der Waals surface area contributed by atoms with Crippen LogP contribution in [0.1, 0.15) is 0 Å². The van der Waals surface area contributed by atoms with E-state index in [1.54, 1.807) is 12.1 Å². The smallest absolute Gasteiger partial charge is 0.387 e. The Morgan fingerprint density at radius 2 is 1.68 bits per heavy atom. The number of nitrogens with zero attached hydrogens (tertiary/aromatic N) is 1. The highest BCUT2D eigenvalue weighted by Gasteiger charge is 2.09. The summed E-state index contributed by atoms with van der Waals surface area (Å²) in [6.07, 6.45) is 1.82. The van der Waals surface area contributed by atoms with Crippen LogP contribution in [0.3, 0.4) is 0 Å². The third-order valence-electron chi connectivity index (χ3n) is 3.17. The Hall–Kier alpha value is -2.47. The number of hydrogen-bond donors (Lipinski definition) is 1. The molecular weight excluding hydrogens is 306 g/mol. The minimum atomic E-state index is -2.83. The molecule has 0 saturated heterocycles. The van der Waals surface area contributed by atoms with Gasteiger partial charge in [0.05, 0.1) is 5.69 Å². The van der Waals surface area contributed by atoms with E-state index >= 15 is 0 Å². The number of H-pyrrole nitrogens is 1. The molecule has 2 aromatic carbocycles. The summed E-state index contributed by atoms with van der Waals surface area (Å²) in [5.74, 6) is 0.113. The highest BCUT2D eigenvalue weighted by atomic mass is 32.1. The summed E-state index contributed by atoms with van der Waals surface area (Å²) < 4.78 is 31.1. The van der Waals surface area contributed by atoms with Crippen LogP contribution in [0.4, 0.5) is 8.78 Å². The highest BCUT2D eigenvalue weighted by Crippen LogP contribution is 2.25. The number of aromatic nitrogens is 2. The third kappa shape index (κ3) is 2.92. The van der Waals surface area contributed by atoms with Crippen molar-refractivity contribution in [2.45, 2.75) is 6.61 Å². The van der Waals surface area contributed by atoms with Crippen molar-refractivity contribution in [1.29, 1.82) is 0 Å². The largest absolute Gasteiger partial charge is 0.435 e. The van der Waals surface area contributed by atoms with Crippen molar-refractivity contribution < 1.29 is 13.5 Å². The van der Waals surface area contributed by atoms with Gasteiger partial charge in [-0.15, -0.1) is 0 Å². The first kappa shape index (κ1) is 14.5. The van der Waals surface area contributed by atoms with E-state index in [0.717, 1.165) is 16.9 Å². The van der Waals surface area contributed by atoms with Crippen LogP contribution in [0.15, 0.2) is 60.8 Å². The molecule has 1 heterocycles. The van der Waals surface area contributed by atoms with E-state index in [9.17, 15) is 8.78 Å². The van der Waals surface area contributed by atoms with Gasteiger partial charge in [0.2, 0.25) is 0 Å². The molecule has 0 atom stereocenters. The standard InChI is InChI=1S/C16H12F2N2OS/c17-15(18)21-13-8-6-12(7-9-13)20-14(10-19-16(20)22)11-4-2-1-3-5-11/h1-10,15H,(H,19,22). The maximum Gasteiger partial charge on any atom is 0.387 e. The van der Waals surface area contributed by atoms with Crippen LogP contribution in [0.2, 0.25) is 0 Å². The predicted molar refractivity (Wildman–Crippen MR) is 83.0 cm³/mol. The number of nitrogens with one attached hydrogen (secondary N) is 1. The SMILES string of the molecule is FC(F)Oc1ccc(-n2c(-c3ccccc3)c[nH]c2=S)cc1. The Morgan fingerprint density at radius 3 is 2.32 bits per heavy atom. The zero-order valence-electron chi connectivity index (χ0n) is 11.4. The minimum Gasteiger partial charge on any atom is -0.435 e. The van der Waals surface area contributed by atoms with Gasteiger partial charge in [-0.25, -0.2) is 0 Å². The molecular formula is C16H12F2N2OS. The van der Waals surface area contributed by atoms with Gasteiger partial charge in [0.1, 0.15) is 5.75 Å². The average molecular weight is 318 g/mol. The Labute approximate surface area is 130 Å². The highest BCUT2D eigenvalue weighted by molar-refractivity contribution is 7.71. The lowest BCUT2D eigenvalue weighted by atomic mass is 10.1. The quantitative estimate of drug-likeness (QED) is 0.700. The van der Waals surface area contributed by atoms with E-state index in [2.05, 4.69) is 9.72 Å². The molecule has 0 amide bonds. The number of imidazole rings is 1. The van der Waals surface area contributed by atoms with Gasteiger partial charge in [-0.05, 0) is 36.5 Å². The molecule has 0 bridgehead atoms. The summed E-state index contributed by atoms with van der Waals surface area (Å²) >= 11 is 5.31. The molecule has 3 nitrogen and oxygen atoms in total. The molecule has 0 spiro atoms. The fraction of sp³-hybridized carbons (Fsp3) is 0.0625. The van der Waals surface area contributed by atoms with Gasteiger partial charge in [0.15, 0.2) is 4.77 Å². The summed E-state index contributed by atoms with van der Waals surface area (Å²) in [6, 6.07) is 16.1. The van der Waals surface area contributed by atoms with Crippen molar-refractivity contribution in [3.63, 3.8) is 0 Å². The molecule has 6 heteroatoms. The molecule has 3 rings (SSSR count). The normalized spacial score (nSPS) is 10.9. The second-order valence-corrected chi connectivity index (χ2v) is 4.94. The third-order valence-corrected chi connectivity index (χ3v) is 3.47. The average Bonchev–Trinajstić information content (AvgIpc) is 2.90. The second-order valence-electron chi connectivity index (χ2n) is 4.55. The molecule has 0 fully saturated rings. The lowest BCUT2D eigenvalue weighted by molar-refractivity contribution is -0.0498. The van der Waals surface area contributed by atoms with E-state index in [0.29, 0.717) is 4.77 Å². The molecule has 0 saturated carbocycles. The molecule has 112 valence electrons. The lowest BCUT2D eigenvalue weighted by Gasteiger charge is -2.10. The van der Waals surface area contributed by atoms with E-state index in [4.69, 9.17) is 12.2 Å². The fourth-order valence-electron chi connectivity index (χ4n) is 2.22. The Morgan fingerprint density at radius 1 is 1.00 bits per heavy atom. The van der Waals surface area contributed by atoms with Crippen molar-refractivity contribution in [2.75, 3.05) is 0 Å². The van der Waals surface area contributed by atoms with Crippen LogP contribution in [0.25, 0.3) is 16.9 Å².